The Kier molecular flexibility index (Phi) is 4.09. The largest absolute Gasteiger partial charge is 0.466 e. The van der Waals surface area contributed by atoms with E-state index >= 15 is 0 Å². The van der Waals surface area contributed by atoms with E-state index in [2.05, 4.69) is 4.74 Å². The Labute approximate surface area is 99.0 Å². The summed E-state index contributed by atoms with van der Waals surface area (Å²) in [6, 6.07) is 3.41. The minimum Gasteiger partial charge on any atom is -0.466 e. The van der Waals surface area contributed by atoms with Crippen molar-refractivity contribution >= 4 is 11.9 Å². The van der Waals surface area contributed by atoms with Crippen LogP contribution >= 0.6 is 0 Å². The van der Waals surface area contributed by atoms with Crippen LogP contribution in [0.4, 0.5) is 0 Å². The van der Waals surface area contributed by atoms with Crippen LogP contribution in [0.15, 0.2) is 35.0 Å². The van der Waals surface area contributed by atoms with Gasteiger partial charge in [0.2, 0.25) is 0 Å². The second-order valence-electron chi connectivity index (χ2n) is 3.77. The van der Waals surface area contributed by atoms with E-state index in [9.17, 15) is 9.59 Å². The third-order valence-corrected chi connectivity index (χ3v) is 2.03. The summed E-state index contributed by atoms with van der Waals surface area (Å²) < 4.78 is 14.7. The average molecular weight is 238 g/mol. The number of hydrogen-bond acceptors (Lipinski definition) is 5. The summed E-state index contributed by atoms with van der Waals surface area (Å²) in [6.07, 6.45) is 3.51. The molecule has 5 heteroatoms. The molecule has 1 aromatic rings. The lowest BCUT2D eigenvalue weighted by Crippen LogP contribution is -2.24. The number of carbonyl (C=O) groups excluding carboxylic acids is 2. The number of carbonyl (C=O) groups is 2. The van der Waals surface area contributed by atoms with Crippen molar-refractivity contribution in [2.24, 2.45) is 0 Å². The molecule has 0 N–H and O–H groups in total. The molecule has 0 aromatic carbocycles. The zero-order chi connectivity index (χ0) is 12.9. The van der Waals surface area contributed by atoms with Crippen LogP contribution < -0.4 is 0 Å². The molecule has 0 bridgehead atoms. The third kappa shape index (κ3) is 3.79. The molecule has 0 amide bonds. The highest BCUT2D eigenvalue weighted by Gasteiger charge is 2.27. The van der Waals surface area contributed by atoms with Crippen LogP contribution in [0.5, 0.6) is 0 Å². The number of rotatable bonds is 4. The molecule has 92 valence electrons. The van der Waals surface area contributed by atoms with Gasteiger partial charge in [0.05, 0.1) is 13.4 Å². The van der Waals surface area contributed by atoms with Crippen LogP contribution in [0.2, 0.25) is 0 Å². The molecule has 1 rings (SSSR count). The molecule has 0 spiro atoms. The van der Waals surface area contributed by atoms with Gasteiger partial charge in [-0.3, -0.25) is 0 Å². The molecule has 0 fully saturated rings. The zero-order valence-corrected chi connectivity index (χ0v) is 9.93. The second-order valence-corrected chi connectivity index (χ2v) is 3.77. The van der Waals surface area contributed by atoms with Gasteiger partial charge in [0, 0.05) is 12.2 Å². The summed E-state index contributed by atoms with van der Waals surface area (Å²) >= 11 is 0. The van der Waals surface area contributed by atoms with E-state index in [-0.39, 0.29) is 0 Å². The van der Waals surface area contributed by atoms with Gasteiger partial charge in [-0.1, -0.05) is 0 Å². The first-order valence-electron chi connectivity index (χ1n) is 4.98. The summed E-state index contributed by atoms with van der Waals surface area (Å²) in [5, 5.41) is 0. The molecule has 0 aliphatic carbocycles. The van der Waals surface area contributed by atoms with E-state index in [0.717, 1.165) is 12.2 Å². The molecule has 0 radical (unpaired) electrons. The first-order valence-corrected chi connectivity index (χ1v) is 4.98. The quantitative estimate of drug-likeness (QED) is 0.591. The molecule has 0 saturated heterocycles. The minimum atomic E-state index is -0.888. The summed E-state index contributed by atoms with van der Waals surface area (Å²) in [5.41, 5.74) is -0.888. The summed E-state index contributed by atoms with van der Waals surface area (Å²) in [4.78, 5) is 22.2. The summed E-state index contributed by atoms with van der Waals surface area (Å²) in [5.74, 6) is -0.730. The Morgan fingerprint density at radius 1 is 1.29 bits per heavy atom. The minimum absolute atomic E-state index is 0.525. The SMILES string of the molecule is COC(=O)/C=C/C(=O)OC(C)(C)c1ccco1. The highest BCUT2D eigenvalue weighted by Crippen LogP contribution is 2.25. The van der Waals surface area contributed by atoms with Crippen molar-refractivity contribution < 1.29 is 23.5 Å². The molecule has 0 saturated carbocycles. The first-order chi connectivity index (χ1) is 7.95. The summed E-state index contributed by atoms with van der Waals surface area (Å²) in [6.45, 7) is 3.38. The molecule has 1 aromatic heterocycles. The highest BCUT2D eigenvalue weighted by atomic mass is 16.6. The van der Waals surface area contributed by atoms with E-state index in [4.69, 9.17) is 9.15 Å². The van der Waals surface area contributed by atoms with Gasteiger partial charge in [0.15, 0.2) is 5.60 Å². The lowest BCUT2D eigenvalue weighted by Gasteiger charge is -2.21. The van der Waals surface area contributed by atoms with Crippen molar-refractivity contribution in [3.05, 3.63) is 36.3 Å². The third-order valence-electron chi connectivity index (χ3n) is 2.03. The van der Waals surface area contributed by atoms with Crippen LogP contribution in [0, 0.1) is 0 Å². The maximum absolute atomic E-state index is 11.4. The number of esters is 2. The van der Waals surface area contributed by atoms with E-state index in [1.54, 1.807) is 26.0 Å². The van der Waals surface area contributed by atoms with Crippen LogP contribution in [0.3, 0.4) is 0 Å². The highest BCUT2D eigenvalue weighted by molar-refractivity contribution is 5.91. The van der Waals surface area contributed by atoms with Crippen molar-refractivity contribution in [2.45, 2.75) is 19.4 Å². The van der Waals surface area contributed by atoms with Crippen molar-refractivity contribution in [1.29, 1.82) is 0 Å². The molecule has 17 heavy (non-hydrogen) atoms. The smallest absolute Gasteiger partial charge is 0.331 e. The normalized spacial score (nSPS) is 11.5. The molecule has 0 aliphatic heterocycles. The Morgan fingerprint density at radius 3 is 2.47 bits per heavy atom. The fourth-order valence-electron chi connectivity index (χ4n) is 1.16. The predicted octanol–water partition coefficient (Wildman–Crippen LogP) is 1.79. The van der Waals surface area contributed by atoms with Gasteiger partial charge < -0.3 is 13.9 Å². The van der Waals surface area contributed by atoms with E-state index in [1.807, 2.05) is 0 Å². The standard InChI is InChI=1S/C12H14O5/c1-12(2,9-5-4-8-16-9)17-11(14)7-6-10(13)15-3/h4-8H,1-3H3/b7-6+. The Hall–Kier alpha value is -2.04. The van der Waals surface area contributed by atoms with E-state index in [0.29, 0.717) is 5.76 Å². The Bertz CT molecular complexity index is 414. The maximum atomic E-state index is 11.4. The van der Waals surface area contributed by atoms with Crippen LogP contribution in [-0.4, -0.2) is 19.0 Å². The van der Waals surface area contributed by atoms with Crippen molar-refractivity contribution in [3.8, 4) is 0 Å². The zero-order valence-electron chi connectivity index (χ0n) is 9.93. The van der Waals surface area contributed by atoms with Crippen LogP contribution in [0.25, 0.3) is 0 Å². The molecule has 0 unspecified atom stereocenters. The molecular weight excluding hydrogens is 224 g/mol. The first kappa shape index (κ1) is 13.0. The lowest BCUT2D eigenvalue weighted by molar-refractivity contribution is -0.153. The van der Waals surface area contributed by atoms with Crippen molar-refractivity contribution in [1.82, 2.24) is 0 Å². The molecule has 0 atom stereocenters. The number of hydrogen-bond donors (Lipinski definition) is 0. The van der Waals surface area contributed by atoms with Crippen molar-refractivity contribution in [2.75, 3.05) is 7.11 Å². The van der Waals surface area contributed by atoms with E-state index < -0.39 is 17.5 Å². The van der Waals surface area contributed by atoms with Gasteiger partial charge in [-0.15, -0.1) is 0 Å². The van der Waals surface area contributed by atoms with Gasteiger partial charge in [-0.25, -0.2) is 9.59 Å². The van der Waals surface area contributed by atoms with Gasteiger partial charge in [-0.05, 0) is 26.0 Å². The number of methoxy groups -OCH3 is 1. The fourth-order valence-corrected chi connectivity index (χ4v) is 1.16. The van der Waals surface area contributed by atoms with Crippen LogP contribution in [-0.2, 0) is 24.7 Å². The molecular formula is C12H14O5. The van der Waals surface area contributed by atoms with E-state index in [1.165, 1.54) is 13.4 Å². The number of ether oxygens (including phenoxy) is 2. The average Bonchev–Trinajstić information content (AvgIpc) is 2.79. The van der Waals surface area contributed by atoms with Crippen LogP contribution in [0.1, 0.15) is 19.6 Å². The molecule has 0 aliphatic rings. The van der Waals surface area contributed by atoms with Gasteiger partial charge in [0.25, 0.3) is 0 Å². The Balaban J connectivity index is 2.63. The second kappa shape index (κ2) is 5.34. The van der Waals surface area contributed by atoms with Crippen molar-refractivity contribution in [3.63, 3.8) is 0 Å². The predicted molar refractivity (Wildman–Crippen MR) is 59.0 cm³/mol. The van der Waals surface area contributed by atoms with Gasteiger partial charge in [-0.2, -0.15) is 0 Å². The monoisotopic (exact) mass is 238 g/mol. The molecule has 5 nitrogen and oxygen atoms in total. The molecule has 1 heterocycles. The van der Waals surface area contributed by atoms with Gasteiger partial charge in [0.1, 0.15) is 5.76 Å². The Morgan fingerprint density at radius 2 is 1.94 bits per heavy atom. The topological polar surface area (TPSA) is 65.7 Å². The summed E-state index contributed by atoms with van der Waals surface area (Å²) in [7, 11) is 1.23. The fraction of sp³-hybridized carbons (Fsp3) is 0.333. The van der Waals surface area contributed by atoms with Gasteiger partial charge >= 0.3 is 11.9 Å². The number of furan rings is 1. The maximum Gasteiger partial charge on any atom is 0.331 e. The lowest BCUT2D eigenvalue weighted by atomic mass is 10.1.